The number of carbonyl (C=O) groups is 2. The van der Waals surface area contributed by atoms with E-state index in [1.807, 2.05) is 24.3 Å². The minimum atomic E-state index is -0.927. The molecular formula is C15H22N2O4. The number of carbonyl (C=O) groups excluding carboxylic acids is 1. The largest absolute Gasteiger partial charge is 0.481 e. The maximum Gasteiger partial charge on any atom is 0.317 e. The fourth-order valence-corrected chi connectivity index (χ4v) is 1.80. The van der Waals surface area contributed by atoms with Crippen molar-refractivity contribution in [2.75, 3.05) is 13.6 Å². The molecule has 0 saturated heterocycles. The Balaban J connectivity index is 2.47. The van der Waals surface area contributed by atoms with Crippen LogP contribution in [0, 0.1) is 5.92 Å². The smallest absolute Gasteiger partial charge is 0.317 e. The van der Waals surface area contributed by atoms with Gasteiger partial charge in [-0.1, -0.05) is 31.2 Å². The predicted octanol–water partition coefficient (Wildman–Crippen LogP) is 1.60. The summed E-state index contributed by atoms with van der Waals surface area (Å²) in [4.78, 5) is 23.9. The van der Waals surface area contributed by atoms with Gasteiger partial charge in [0.15, 0.2) is 0 Å². The van der Waals surface area contributed by atoms with Crippen LogP contribution >= 0.6 is 0 Å². The summed E-state index contributed by atoms with van der Waals surface area (Å²) in [7, 11) is 1.56. The number of rotatable bonds is 6. The van der Waals surface area contributed by atoms with E-state index >= 15 is 0 Å². The van der Waals surface area contributed by atoms with Crippen LogP contribution in [0.25, 0.3) is 0 Å². The molecule has 0 bridgehead atoms. The number of carboxylic acid groups (broad SMARTS) is 1. The Kier molecular flexibility index (Phi) is 6.17. The molecule has 3 N–H and O–H groups in total. The van der Waals surface area contributed by atoms with Crippen LogP contribution in [0.3, 0.4) is 0 Å². The van der Waals surface area contributed by atoms with Gasteiger partial charge in [-0.15, -0.1) is 0 Å². The van der Waals surface area contributed by atoms with Crippen molar-refractivity contribution >= 4 is 12.0 Å². The van der Waals surface area contributed by atoms with Crippen LogP contribution < -0.4 is 5.32 Å². The minimum Gasteiger partial charge on any atom is -0.481 e. The molecule has 2 unspecified atom stereocenters. The van der Waals surface area contributed by atoms with Crippen LogP contribution in [0.2, 0.25) is 0 Å². The summed E-state index contributed by atoms with van der Waals surface area (Å²) >= 11 is 0. The molecule has 6 heteroatoms. The van der Waals surface area contributed by atoms with Gasteiger partial charge in [0.2, 0.25) is 0 Å². The summed E-state index contributed by atoms with van der Waals surface area (Å²) in [5.74, 6) is -1.53. The Morgan fingerprint density at radius 1 is 1.24 bits per heavy atom. The van der Waals surface area contributed by atoms with Crippen molar-refractivity contribution in [1.82, 2.24) is 10.2 Å². The zero-order valence-electron chi connectivity index (χ0n) is 12.5. The number of hydrogen-bond donors (Lipinski definition) is 3. The van der Waals surface area contributed by atoms with E-state index in [1.54, 1.807) is 20.9 Å². The Morgan fingerprint density at radius 2 is 1.81 bits per heavy atom. The lowest BCUT2D eigenvalue weighted by Gasteiger charge is -2.20. The van der Waals surface area contributed by atoms with E-state index in [1.165, 1.54) is 4.90 Å². The molecule has 1 aromatic carbocycles. The van der Waals surface area contributed by atoms with Crippen LogP contribution in [-0.2, 0) is 11.3 Å². The third-order valence-electron chi connectivity index (χ3n) is 3.22. The average Bonchev–Trinajstić information content (AvgIpc) is 2.44. The standard InChI is InChI=1S/C15H22N2O4/c1-10(14(19)20)9-17(3)15(21)16-8-12-4-6-13(7-5-12)11(2)18/h4-7,10-11,18H,8-9H2,1-3H3,(H,16,21)(H,19,20). The first-order chi connectivity index (χ1) is 9.81. The second kappa shape index (κ2) is 7.64. The fourth-order valence-electron chi connectivity index (χ4n) is 1.80. The molecule has 0 radical (unpaired) electrons. The second-order valence-corrected chi connectivity index (χ2v) is 5.20. The number of benzene rings is 1. The van der Waals surface area contributed by atoms with Crippen molar-refractivity contribution in [2.45, 2.75) is 26.5 Å². The van der Waals surface area contributed by atoms with E-state index in [4.69, 9.17) is 5.11 Å². The van der Waals surface area contributed by atoms with Gasteiger partial charge in [0.25, 0.3) is 0 Å². The summed E-state index contributed by atoms with van der Waals surface area (Å²) in [6, 6.07) is 6.97. The van der Waals surface area contributed by atoms with E-state index in [0.29, 0.717) is 6.54 Å². The molecule has 0 aliphatic heterocycles. The highest BCUT2D eigenvalue weighted by molar-refractivity contribution is 5.75. The van der Waals surface area contributed by atoms with Gasteiger partial charge in [-0.2, -0.15) is 0 Å². The predicted molar refractivity (Wildman–Crippen MR) is 78.7 cm³/mol. The van der Waals surface area contributed by atoms with Gasteiger partial charge in [-0.3, -0.25) is 4.79 Å². The van der Waals surface area contributed by atoms with Gasteiger partial charge in [-0.25, -0.2) is 4.79 Å². The molecule has 6 nitrogen and oxygen atoms in total. The molecule has 21 heavy (non-hydrogen) atoms. The van der Waals surface area contributed by atoms with Crippen LogP contribution in [-0.4, -0.2) is 40.7 Å². The number of amides is 2. The SMILES string of the molecule is CC(CN(C)C(=O)NCc1ccc(C(C)O)cc1)C(=O)O. The van der Waals surface area contributed by atoms with Gasteiger partial charge < -0.3 is 20.4 Å². The van der Waals surface area contributed by atoms with E-state index in [-0.39, 0.29) is 12.6 Å². The average molecular weight is 294 g/mol. The highest BCUT2D eigenvalue weighted by atomic mass is 16.4. The fraction of sp³-hybridized carbons (Fsp3) is 0.467. The summed E-state index contributed by atoms with van der Waals surface area (Å²) in [5, 5.41) is 20.9. The number of aliphatic hydroxyl groups excluding tert-OH is 1. The Labute approximate surface area is 124 Å². The highest BCUT2D eigenvalue weighted by Gasteiger charge is 2.16. The Hall–Kier alpha value is -2.08. The van der Waals surface area contributed by atoms with Crippen LogP contribution in [0.5, 0.6) is 0 Å². The maximum absolute atomic E-state index is 11.8. The van der Waals surface area contributed by atoms with E-state index in [9.17, 15) is 14.7 Å². The maximum atomic E-state index is 11.8. The van der Waals surface area contributed by atoms with Crippen LogP contribution in [0.15, 0.2) is 24.3 Å². The Bertz CT molecular complexity index is 485. The minimum absolute atomic E-state index is 0.155. The van der Waals surface area contributed by atoms with Crippen molar-refractivity contribution in [2.24, 2.45) is 5.92 Å². The molecule has 0 aliphatic carbocycles. The van der Waals surface area contributed by atoms with E-state index < -0.39 is 18.0 Å². The van der Waals surface area contributed by atoms with Crippen molar-refractivity contribution < 1.29 is 19.8 Å². The first-order valence-electron chi connectivity index (χ1n) is 6.80. The third-order valence-corrected chi connectivity index (χ3v) is 3.22. The van der Waals surface area contributed by atoms with Gasteiger partial charge >= 0.3 is 12.0 Å². The zero-order valence-corrected chi connectivity index (χ0v) is 12.5. The topological polar surface area (TPSA) is 89.9 Å². The zero-order chi connectivity index (χ0) is 16.0. The molecule has 0 fully saturated rings. The molecule has 1 aromatic rings. The van der Waals surface area contributed by atoms with Crippen molar-refractivity contribution in [3.05, 3.63) is 35.4 Å². The molecule has 116 valence electrons. The highest BCUT2D eigenvalue weighted by Crippen LogP contribution is 2.12. The molecule has 0 aromatic heterocycles. The van der Waals surface area contributed by atoms with E-state index in [0.717, 1.165) is 11.1 Å². The first-order valence-corrected chi connectivity index (χ1v) is 6.80. The van der Waals surface area contributed by atoms with Crippen molar-refractivity contribution in [1.29, 1.82) is 0 Å². The lowest BCUT2D eigenvalue weighted by molar-refractivity contribution is -0.141. The number of urea groups is 1. The quantitative estimate of drug-likeness (QED) is 0.743. The lowest BCUT2D eigenvalue weighted by Crippen LogP contribution is -2.40. The summed E-state index contributed by atoms with van der Waals surface area (Å²) in [5.41, 5.74) is 1.73. The molecule has 2 amide bonds. The number of nitrogens with zero attached hydrogens (tertiary/aromatic N) is 1. The van der Waals surface area contributed by atoms with Crippen molar-refractivity contribution in [3.63, 3.8) is 0 Å². The Morgan fingerprint density at radius 3 is 2.29 bits per heavy atom. The number of hydrogen-bond acceptors (Lipinski definition) is 3. The molecule has 0 aliphatic rings. The summed E-state index contributed by atoms with van der Waals surface area (Å²) in [6.45, 7) is 3.75. The number of nitrogens with one attached hydrogen (secondary N) is 1. The molecule has 0 spiro atoms. The monoisotopic (exact) mass is 294 g/mol. The molecule has 2 atom stereocenters. The molecule has 0 heterocycles. The lowest BCUT2D eigenvalue weighted by atomic mass is 10.1. The number of carboxylic acids is 1. The van der Waals surface area contributed by atoms with Crippen LogP contribution in [0.4, 0.5) is 4.79 Å². The summed E-state index contributed by atoms with van der Waals surface area (Å²) in [6.07, 6.45) is -0.516. The second-order valence-electron chi connectivity index (χ2n) is 5.20. The van der Waals surface area contributed by atoms with E-state index in [2.05, 4.69) is 5.32 Å². The van der Waals surface area contributed by atoms with Crippen LogP contribution in [0.1, 0.15) is 31.1 Å². The normalized spacial score (nSPS) is 13.3. The van der Waals surface area contributed by atoms with Gasteiger partial charge in [-0.05, 0) is 18.1 Å². The van der Waals surface area contributed by atoms with Crippen molar-refractivity contribution in [3.8, 4) is 0 Å². The first kappa shape index (κ1) is 17.0. The molecule has 0 saturated carbocycles. The van der Waals surface area contributed by atoms with Gasteiger partial charge in [0, 0.05) is 20.1 Å². The number of aliphatic carboxylic acids is 1. The summed E-state index contributed by atoms with van der Waals surface area (Å²) < 4.78 is 0. The number of aliphatic hydroxyl groups is 1. The van der Waals surface area contributed by atoms with Gasteiger partial charge in [0.1, 0.15) is 0 Å². The molecular weight excluding hydrogens is 272 g/mol. The van der Waals surface area contributed by atoms with Gasteiger partial charge in [0.05, 0.1) is 12.0 Å². The molecule has 1 rings (SSSR count). The third kappa shape index (κ3) is 5.43.